The minimum atomic E-state index is 0.437. The van der Waals surface area contributed by atoms with Gasteiger partial charge < -0.3 is 5.32 Å². The predicted octanol–water partition coefficient (Wildman–Crippen LogP) is 1.97. The topological polar surface area (TPSA) is 37.8 Å². The molecular weight excluding hydrogens is 226 g/mol. The van der Waals surface area contributed by atoms with E-state index in [2.05, 4.69) is 20.0 Å². The van der Waals surface area contributed by atoms with Crippen molar-refractivity contribution in [1.82, 2.24) is 8.75 Å². The fraction of sp³-hybridized carbons (Fsp3) is 0.429. The lowest BCUT2D eigenvalue weighted by atomic mass is 10.6. The summed E-state index contributed by atoms with van der Waals surface area (Å²) in [6.45, 7) is 0.803. The van der Waals surface area contributed by atoms with Crippen LogP contribution in [-0.2, 0) is 0 Å². The Morgan fingerprint density at radius 1 is 1.62 bits per heavy atom. The largest absolute Gasteiger partial charge is 0.366 e. The first-order valence-electron chi connectivity index (χ1n) is 3.57. The van der Waals surface area contributed by atoms with Crippen molar-refractivity contribution in [3.8, 4) is 12.3 Å². The van der Waals surface area contributed by atoms with E-state index in [9.17, 15) is 0 Å². The van der Waals surface area contributed by atoms with Gasteiger partial charge in [0.05, 0.1) is 17.5 Å². The Bertz CT molecular complexity index is 294. The van der Waals surface area contributed by atoms with E-state index in [0.717, 1.165) is 29.8 Å². The molecule has 1 N–H and O–H groups in total. The van der Waals surface area contributed by atoms with Crippen LogP contribution in [0.1, 0.15) is 0 Å². The Kier molecular flexibility index (Phi) is 4.98. The van der Waals surface area contributed by atoms with E-state index < -0.39 is 0 Å². The lowest BCUT2D eigenvalue weighted by Gasteiger charge is -2.00. The fourth-order valence-electron chi connectivity index (χ4n) is 0.656. The first kappa shape index (κ1) is 10.6. The summed E-state index contributed by atoms with van der Waals surface area (Å²) in [5.74, 6) is 4.90. The Hall–Kier alpha value is -0.440. The summed E-state index contributed by atoms with van der Waals surface area (Å²) < 4.78 is 7.80. The number of hydrogen-bond donors (Lipinski definition) is 1. The van der Waals surface area contributed by atoms with Gasteiger partial charge in [0.15, 0.2) is 11.0 Å². The third-order valence-electron chi connectivity index (χ3n) is 1.17. The quantitative estimate of drug-likeness (QED) is 0.624. The van der Waals surface area contributed by atoms with Gasteiger partial charge in [-0.1, -0.05) is 17.5 Å². The van der Waals surface area contributed by atoms with Gasteiger partial charge in [-0.15, -0.1) is 18.2 Å². The van der Waals surface area contributed by atoms with Gasteiger partial charge in [0.2, 0.25) is 0 Å². The summed E-state index contributed by atoms with van der Waals surface area (Å²) in [6, 6.07) is 0. The average Bonchev–Trinajstić information content (AvgIpc) is 2.52. The molecule has 0 aliphatic carbocycles. The molecule has 70 valence electrons. The molecule has 6 heteroatoms. The van der Waals surface area contributed by atoms with Crippen LogP contribution in [0.5, 0.6) is 0 Å². The molecule has 0 aromatic carbocycles. The highest BCUT2D eigenvalue weighted by Gasteiger charge is 2.02. The molecular formula is C7H8ClN3S2. The maximum absolute atomic E-state index is 5.72. The van der Waals surface area contributed by atoms with Gasteiger partial charge in [0.25, 0.3) is 0 Å². The molecule has 1 aromatic rings. The third kappa shape index (κ3) is 3.85. The summed E-state index contributed by atoms with van der Waals surface area (Å²) in [4.78, 5) is 0. The molecule has 0 radical (unpaired) electrons. The van der Waals surface area contributed by atoms with Crippen molar-refractivity contribution in [3.05, 3.63) is 5.15 Å². The van der Waals surface area contributed by atoms with Crippen LogP contribution in [0.25, 0.3) is 0 Å². The molecule has 0 fully saturated rings. The number of nitrogens with one attached hydrogen (secondary N) is 1. The van der Waals surface area contributed by atoms with Crippen molar-refractivity contribution in [2.45, 2.75) is 0 Å². The van der Waals surface area contributed by atoms with Gasteiger partial charge in [-0.3, -0.25) is 0 Å². The van der Waals surface area contributed by atoms with Crippen LogP contribution in [0, 0.1) is 12.3 Å². The van der Waals surface area contributed by atoms with Gasteiger partial charge in [0.1, 0.15) is 0 Å². The molecule has 0 unspecified atom stereocenters. The van der Waals surface area contributed by atoms with Gasteiger partial charge in [-0.25, -0.2) is 0 Å². The summed E-state index contributed by atoms with van der Waals surface area (Å²) >= 11 is 8.51. The zero-order valence-electron chi connectivity index (χ0n) is 6.79. The van der Waals surface area contributed by atoms with Crippen LogP contribution < -0.4 is 5.32 Å². The molecule has 0 saturated heterocycles. The second kappa shape index (κ2) is 6.08. The molecule has 1 heterocycles. The van der Waals surface area contributed by atoms with Crippen molar-refractivity contribution in [2.24, 2.45) is 0 Å². The smallest absolute Gasteiger partial charge is 0.186 e. The van der Waals surface area contributed by atoms with Crippen molar-refractivity contribution in [2.75, 3.05) is 23.4 Å². The molecule has 1 rings (SSSR count). The fourth-order valence-corrected chi connectivity index (χ4v) is 1.85. The first-order chi connectivity index (χ1) is 6.34. The Balaban J connectivity index is 2.14. The first-order valence-corrected chi connectivity index (χ1v) is 5.84. The predicted molar refractivity (Wildman–Crippen MR) is 59.6 cm³/mol. The van der Waals surface area contributed by atoms with Crippen molar-refractivity contribution in [1.29, 1.82) is 0 Å². The van der Waals surface area contributed by atoms with Gasteiger partial charge in [-0.2, -0.15) is 8.75 Å². The molecule has 0 aliphatic heterocycles. The van der Waals surface area contributed by atoms with Crippen molar-refractivity contribution < 1.29 is 0 Å². The van der Waals surface area contributed by atoms with Gasteiger partial charge >= 0.3 is 0 Å². The van der Waals surface area contributed by atoms with E-state index >= 15 is 0 Å². The maximum Gasteiger partial charge on any atom is 0.186 e. The van der Waals surface area contributed by atoms with Crippen molar-refractivity contribution >= 4 is 40.9 Å². The molecule has 0 saturated carbocycles. The number of aromatic nitrogens is 2. The summed E-state index contributed by atoms with van der Waals surface area (Å²) in [5.41, 5.74) is 0. The Labute approximate surface area is 90.6 Å². The molecule has 0 amide bonds. The molecule has 0 atom stereocenters. The van der Waals surface area contributed by atoms with E-state index in [0.29, 0.717) is 11.0 Å². The normalized spacial score (nSPS) is 9.54. The van der Waals surface area contributed by atoms with Crippen LogP contribution in [0.3, 0.4) is 0 Å². The SMILES string of the molecule is C#CCSCCNc1nsnc1Cl. The zero-order valence-corrected chi connectivity index (χ0v) is 9.18. The Morgan fingerprint density at radius 3 is 3.08 bits per heavy atom. The van der Waals surface area contributed by atoms with Crippen molar-refractivity contribution in [3.63, 3.8) is 0 Å². The molecule has 1 aromatic heterocycles. The van der Waals surface area contributed by atoms with E-state index in [1.165, 1.54) is 0 Å². The number of thioether (sulfide) groups is 1. The van der Waals surface area contributed by atoms with Crippen LogP contribution in [0.4, 0.5) is 5.82 Å². The van der Waals surface area contributed by atoms with E-state index in [1.54, 1.807) is 11.8 Å². The summed E-state index contributed by atoms with van der Waals surface area (Å²) in [6.07, 6.45) is 5.10. The lowest BCUT2D eigenvalue weighted by molar-refractivity contribution is 1.20. The van der Waals surface area contributed by atoms with Crippen LogP contribution >= 0.6 is 35.1 Å². The second-order valence-electron chi connectivity index (χ2n) is 2.09. The molecule has 0 spiro atoms. The molecule has 0 aliphatic rings. The number of halogens is 1. The molecule has 0 bridgehead atoms. The zero-order chi connectivity index (χ0) is 9.52. The Morgan fingerprint density at radius 2 is 2.46 bits per heavy atom. The summed E-state index contributed by atoms with van der Waals surface area (Å²) in [7, 11) is 0. The van der Waals surface area contributed by atoms with Gasteiger partial charge in [-0.05, 0) is 0 Å². The average molecular weight is 234 g/mol. The second-order valence-corrected chi connectivity index (χ2v) is 4.08. The minimum Gasteiger partial charge on any atom is -0.366 e. The third-order valence-corrected chi connectivity index (χ3v) is 2.93. The monoisotopic (exact) mass is 233 g/mol. The summed E-state index contributed by atoms with van der Waals surface area (Å²) in [5, 5.41) is 3.50. The number of anilines is 1. The molecule has 3 nitrogen and oxygen atoms in total. The van der Waals surface area contributed by atoms with Crippen LogP contribution in [-0.4, -0.2) is 26.8 Å². The molecule has 13 heavy (non-hydrogen) atoms. The number of hydrogen-bond acceptors (Lipinski definition) is 5. The highest BCUT2D eigenvalue weighted by Crippen LogP contribution is 2.17. The van der Waals surface area contributed by atoms with Gasteiger partial charge in [0, 0.05) is 12.3 Å². The lowest BCUT2D eigenvalue weighted by Crippen LogP contribution is -2.04. The van der Waals surface area contributed by atoms with E-state index in [4.69, 9.17) is 18.0 Å². The maximum atomic E-state index is 5.72. The standard InChI is InChI=1S/C7H8ClN3S2/c1-2-4-12-5-3-9-7-6(8)10-13-11-7/h1H,3-5H2,(H,9,11). The number of terminal acetylenes is 1. The number of nitrogens with zero attached hydrogens (tertiary/aromatic N) is 2. The van der Waals surface area contributed by atoms with Crippen LogP contribution in [0.2, 0.25) is 5.15 Å². The highest BCUT2D eigenvalue weighted by molar-refractivity contribution is 7.99. The minimum absolute atomic E-state index is 0.437. The van der Waals surface area contributed by atoms with E-state index in [1.807, 2.05) is 0 Å². The van der Waals surface area contributed by atoms with E-state index in [-0.39, 0.29) is 0 Å². The number of rotatable bonds is 5. The highest BCUT2D eigenvalue weighted by atomic mass is 35.5. The van der Waals surface area contributed by atoms with Crippen LogP contribution in [0.15, 0.2) is 0 Å².